The number of ether oxygens (including phenoxy) is 2. The molecule has 0 bridgehead atoms. The fourth-order valence-corrected chi connectivity index (χ4v) is 3.43. The Hall–Kier alpha value is -1.96. The summed E-state index contributed by atoms with van der Waals surface area (Å²) in [6.07, 6.45) is 2.70. The maximum atomic E-state index is 12.9. The van der Waals surface area contributed by atoms with Crippen molar-refractivity contribution in [2.75, 3.05) is 13.2 Å². The zero-order chi connectivity index (χ0) is 20.8. The third-order valence-electron chi connectivity index (χ3n) is 4.94. The van der Waals surface area contributed by atoms with Crippen LogP contribution in [0.15, 0.2) is 28.7 Å². The van der Waals surface area contributed by atoms with Crippen LogP contribution in [0.1, 0.15) is 45.9 Å². The van der Waals surface area contributed by atoms with E-state index >= 15 is 0 Å². The summed E-state index contributed by atoms with van der Waals surface area (Å²) >= 11 is 6.20. The van der Waals surface area contributed by atoms with Crippen LogP contribution in [-0.4, -0.2) is 52.5 Å². The van der Waals surface area contributed by atoms with E-state index in [1.54, 1.807) is 17.9 Å². The molecule has 0 saturated carbocycles. The highest BCUT2D eigenvalue weighted by atomic mass is 35.5. The Bertz CT molecular complexity index is 805. The number of nitrogens with zero attached hydrogens (tertiary/aromatic N) is 3. The van der Waals surface area contributed by atoms with Crippen molar-refractivity contribution in [3.63, 3.8) is 0 Å². The van der Waals surface area contributed by atoms with E-state index in [9.17, 15) is 4.79 Å². The molecule has 2 aromatic rings. The minimum atomic E-state index is -0.575. The fraction of sp³-hybridized carbons (Fsp3) is 0.571. The summed E-state index contributed by atoms with van der Waals surface area (Å²) in [5.41, 5.74) is 0.666. The first kappa shape index (κ1) is 21.7. The van der Waals surface area contributed by atoms with Gasteiger partial charge < -0.3 is 18.8 Å². The molecule has 1 aliphatic rings. The molecule has 0 radical (unpaired) electrons. The average molecular weight is 422 g/mol. The molecule has 0 N–H and O–H groups in total. The third kappa shape index (κ3) is 5.78. The molecule has 1 aliphatic heterocycles. The number of benzene rings is 1. The second-order valence-electron chi connectivity index (χ2n) is 7.50. The molecule has 0 spiro atoms. The molecule has 1 saturated heterocycles. The zero-order valence-electron chi connectivity index (χ0n) is 17.1. The van der Waals surface area contributed by atoms with Crippen molar-refractivity contribution >= 4 is 17.5 Å². The molecule has 29 heavy (non-hydrogen) atoms. The van der Waals surface area contributed by atoms with E-state index in [0.717, 1.165) is 25.9 Å². The summed E-state index contributed by atoms with van der Waals surface area (Å²) < 4.78 is 17.2. The smallest absolute Gasteiger partial charge is 0.252 e. The highest BCUT2D eigenvalue weighted by Crippen LogP contribution is 2.26. The topological polar surface area (TPSA) is 77.7 Å². The van der Waals surface area contributed by atoms with Crippen molar-refractivity contribution in [2.45, 2.75) is 64.8 Å². The van der Waals surface area contributed by atoms with Crippen LogP contribution in [0, 0.1) is 0 Å². The van der Waals surface area contributed by atoms with Crippen molar-refractivity contribution in [1.29, 1.82) is 0 Å². The lowest BCUT2D eigenvalue weighted by molar-refractivity contribution is -0.148. The van der Waals surface area contributed by atoms with Gasteiger partial charge in [0.25, 0.3) is 5.91 Å². The molecule has 1 aromatic carbocycles. The Labute approximate surface area is 176 Å². The monoisotopic (exact) mass is 421 g/mol. The normalized spacial score (nSPS) is 18.0. The molecule has 158 valence electrons. The molecule has 8 heteroatoms. The largest absolute Gasteiger partial charge is 0.419 e. The highest BCUT2D eigenvalue weighted by molar-refractivity contribution is 6.33. The van der Waals surface area contributed by atoms with Crippen LogP contribution < -0.4 is 0 Å². The summed E-state index contributed by atoms with van der Waals surface area (Å²) in [6, 6.07) is 7.22. The Morgan fingerprint density at radius 1 is 1.28 bits per heavy atom. The van der Waals surface area contributed by atoms with Gasteiger partial charge in [-0.1, -0.05) is 23.7 Å². The predicted octanol–water partition coefficient (Wildman–Crippen LogP) is 4.10. The molecular formula is C21H28ClN3O4. The van der Waals surface area contributed by atoms with Crippen LogP contribution in [0.2, 0.25) is 5.02 Å². The number of halogens is 1. The van der Waals surface area contributed by atoms with Crippen LogP contribution in [0.4, 0.5) is 0 Å². The van der Waals surface area contributed by atoms with Gasteiger partial charge in [0.05, 0.1) is 29.8 Å². The van der Waals surface area contributed by atoms with Crippen molar-refractivity contribution in [3.8, 4) is 11.5 Å². The summed E-state index contributed by atoms with van der Waals surface area (Å²) in [7, 11) is 0. The van der Waals surface area contributed by atoms with E-state index in [1.165, 1.54) is 0 Å². The van der Waals surface area contributed by atoms with Gasteiger partial charge in [-0.2, -0.15) is 0 Å². The molecule has 0 aliphatic carbocycles. The van der Waals surface area contributed by atoms with E-state index in [0.29, 0.717) is 29.0 Å². The minimum absolute atomic E-state index is 0.0462. The number of carbonyl (C=O) groups is 1. The second-order valence-corrected chi connectivity index (χ2v) is 7.91. The van der Waals surface area contributed by atoms with Crippen molar-refractivity contribution in [2.24, 2.45) is 0 Å². The first-order valence-corrected chi connectivity index (χ1v) is 10.4. The van der Waals surface area contributed by atoms with Gasteiger partial charge in [-0.3, -0.25) is 4.79 Å². The van der Waals surface area contributed by atoms with Crippen LogP contribution in [0.5, 0.6) is 0 Å². The van der Waals surface area contributed by atoms with E-state index in [1.807, 2.05) is 32.0 Å². The van der Waals surface area contributed by atoms with E-state index in [-0.39, 0.29) is 24.6 Å². The summed E-state index contributed by atoms with van der Waals surface area (Å²) in [5, 5.41) is 8.70. The molecule has 2 unspecified atom stereocenters. The number of amides is 1. The average Bonchev–Trinajstić information content (AvgIpc) is 3.19. The number of carbonyl (C=O) groups excluding carboxylic acids is 1. The van der Waals surface area contributed by atoms with Gasteiger partial charge in [0.15, 0.2) is 0 Å². The Morgan fingerprint density at radius 2 is 2.07 bits per heavy atom. The summed E-state index contributed by atoms with van der Waals surface area (Å²) in [6.45, 7) is 7.06. The van der Waals surface area contributed by atoms with Gasteiger partial charge in [-0.25, -0.2) is 0 Å². The second kappa shape index (κ2) is 10.2. The minimum Gasteiger partial charge on any atom is -0.419 e. The maximum Gasteiger partial charge on any atom is 0.252 e. The highest BCUT2D eigenvalue weighted by Gasteiger charge is 2.27. The fourth-order valence-electron chi connectivity index (χ4n) is 3.22. The molecule has 1 fully saturated rings. The zero-order valence-corrected chi connectivity index (χ0v) is 17.9. The summed E-state index contributed by atoms with van der Waals surface area (Å²) in [5.74, 6) is 0.568. The molecule has 3 rings (SSSR count). The van der Waals surface area contributed by atoms with Crippen LogP contribution >= 0.6 is 11.6 Å². The van der Waals surface area contributed by atoms with Gasteiger partial charge in [-0.05, 0) is 52.2 Å². The van der Waals surface area contributed by atoms with Gasteiger partial charge in [0, 0.05) is 12.6 Å². The molecule has 2 atom stereocenters. The maximum absolute atomic E-state index is 12.9. The molecule has 1 amide bonds. The molecular weight excluding hydrogens is 394 g/mol. The van der Waals surface area contributed by atoms with Crippen molar-refractivity contribution in [1.82, 2.24) is 15.1 Å². The number of hydrogen-bond donors (Lipinski definition) is 0. The van der Waals surface area contributed by atoms with Gasteiger partial charge >= 0.3 is 0 Å². The standard InChI is InChI=1S/C21H28ClN3O4/c1-14(2)25(21(26)15(3)28-13-16-8-6-7-11-27-16)12-19-23-24-20(29-19)17-9-4-5-10-18(17)22/h4-5,9-10,14-16H,6-8,11-13H2,1-3H3. The van der Waals surface area contributed by atoms with E-state index in [4.69, 9.17) is 25.5 Å². The Morgan fingerprint density at radius 3 is 2.76 bits per heavy atom. The van der Waals surface area contributed by atoms with Crippen LogP contribution in [0.3, 0.4) is 0 Å². The SMILES string of the molecule is CC(OCC1CCCCO1)C(=O)N(Cc1nnc(-c2ccccc2Cl)o1)C(C)C. The van der Waals surface area contributed by atoms with Gasteiger partial charge in [0.2, 0.25) is 11.8 Å². The van der Waals surface area contributed by atoms with E-state index in [2.05, 4.69) is 10.2 Å². The number of hydrogen-bond acceptors (Lipinski definition) is 6. The number of aromatic nitrogens is 2. The molecule has 7 nitrogen and oxygen atoms in total. The van der Waals surface area contributed by atoms with Gasteiger partial charge in [0.1, 0.15) is 6.10 Å². The molecule has 2 heterocycles. The Kier molecular flexibility index (Phi) is 7.64. The predicted molar refractivity (Wildman–Crippen MR) is 109 cm³/mol. The van der Waals surface area contributed by atoms with E-state index < -0.39 is 6.10 Å². The Balaban J connectivity index is 1.62. The first-order chi connectivity index (χ1) is 14.0. The number of rotatable bonds is 8. The van der Waals surface area contributed by atoms with Gasteiger partial charge in [-0.15, -0.1) is 10.2 Å². The van der Waals surface area contributed by atoms with Crippen LogP contribution in [0.25, 0.3) is 11.5 Å². The first-order valence-electron chi connectivity index (χ1n) is 10.1. The van der Waals surface area contributed by atoms with Crippen molar-refractivity contribution in [3.05, 3.63) is 35.2 Å². The lowest BCUT2D eigenvalue weighted by Gasteiger charge is -2.29. The summed E-state index contributed by atoms with van der Waals surface area (Å²) in [4.78, 5) is 14.6. The quantitative estimate of drug-likeness (QED) is 0.638. The van der Waals surface area contributed by atoms with Crippen LogP contribution in [-0.2, 0) is 20.8 Å². The third-order valence-corrected chi connectivity index (χ3v) is 5.27. The lowest BCUT2D eigenvalue weighted by Crippen LogP contribution is -2.43. The lowest BCUT2D eigenvalue weighted by atomic mass is 10.1. The van der Waals surface area contributed by atoms with Crippen molar-refractivity contribution < 1.29 is 18.7 Å². The molecule has 1 aromatic heterocycles.